The number of fused-ring (bicyclic) bond motifs is 6. The summed E-state index contributed by atoms with van der Waals surface area (Å²) >= 11 is 3.29. The summed E-state index contributed by atoms with van der Waals surface area (Å²) < 4.78 is 6.16. The number of nitrogens with zero attached hydrogens (tertiary/aromatic N) is 2. The molecule has 0 saturated heterocycles. The highest BCUT2D eigenvalue weighted by Gasteiger charge is 2.18. The average Bonchev–Trinajstić information content (AvgIpc) is 3.76. The molecule has 5 rings (SSSR count). The minimum absolute atomic E-state index is 0.125. The number of unbranched alkanes of at least 4 members (excludes halogenated alkanes) is 18. The Morgan fingerprint density at radius 2 is 0.783 bits per heavy atom. The molecular formula is C40H56N2O2S2. The van der Waals surface area contributed by atoms with Gasteiger partial charge in [-0.2, -0.15) is 0 Å². The molecule has 250 valence electrons. The van der Waals surface area contributed by atoms with Crippen molar-refractivity contribution < 1.29 is 0 Å². The van der Waals surface area contributed by atoms with Crippen LogP contribution < -0.4 is 11.1 Å². The summed E-state index contributed by atoms with van der Waals surface area (Å²) in [6.07, 6.45) is 25.6. The van der Waals surface area contributed by atoms with Gasteiger partial charge in [-0.15, -0.1) is 22.7 Å². The molecule has 0 aliphatic carbocycles. The third kappa shape index (κ3) is 8.52. The minimum Gasteiger partial charge on any atom is -0.308 e. The largest absolute Gasteiger partial charge is 0.308 e. The van der Waals surface area contributed by atoms with Crippen molar-refractivity contribution in [2.45, 2.75) is 155 Å². The predicted octanol–water partition coefficient (Wildman–Crippen LogP) is 12.6. The molecule has 0 radical (unpaired) electrons. The number of rotatable bonds is 22. The minimum atomic E-state index is 0.125. The Labute approximate surface area is 283 Å². The van der Waals surface area contributed by atoms with Gasteiger partial charge in [0, 0.05) is 33.3 Å². The molecule has 0 bridgehead atoms. The summed E-state index contributed by atoms with van der Waals surface area (Å²) in [6, 6.07) is 8.43. The summed E-state index contributed by atoms with van der Waals surface area (Å²) in [7, 11) is 0. The number of thiophene rings is 2. The van der Waals surface area contributed by atoms with Crippen LogP contribution in [0.2, 0.25) is 0 Å². The number of aromatic nitrogens is 2. The van der Waals surface area contributed by atoms with Crippen LogP contribution in [0.15, 0.2) is 44.6 Å². The highest BCUT2D eigenvalue weighted by molar-refractivity contribution is 7.18. The van der Waals surface area contributed by atoms with Crippen LogP contribution in [0.5, 0.6) is 0 Å². The summed E-state index contributed by atoms with van der Waals surface area (Å²) in [5.41, 5.74) is 2.28. The van der Waals surface area contributed by atoms with E-state index in [1.807, 2.05) is 32.0 Å². The molecule has 4 heterocycles. The van der Waals surface area contributed by atoms with Crippen molar-refractivity contribution in [1.29, 1.82) is 0 Å². The van der Waals surface area contributed by atoms with Crippen molar-refractivity contribution in [1.82, 2.24) is 9.13 Å². The number of aryl methyl sites for hydroxylation is 2. The van der Waals surface area contributed by atoms with Crippen molar-refractivity contribution in [3.8, 4) is 0 Å². The number of pyridine rings is 2. The van der Waals surface area contributed by atoms with E-state index in [2.05, 4.69) is 26.0 Å². The highest BCUT2D eigenvalue weighted by Crippen LogP contribution is 2.35. The van der Waals surface area contributed by atoms with E-state index in [0.717, 1.165) is 80.8 Å². The van der Waals surface area contributed by atoms with Crippen LogP contribution >= 0.6 is 22.7 Å². The van der Waals surface area contributed by atoms with E-state index in [1.165, 1.54) is 103 Å². The second-order valence-corrected chi connectivity index (χ2v) is 15.3. The molecule has 0 saturated carbocycles. The molecule has 0 atom stereocenters. The standard InChI is InChI=1S/C40H56N2O2S2/c1-3-5-7-9-11-13-15-17-19-21-25-41-35-29-34-36(30-33(35)37-31(39(41)43)23-27-45-37)42(40(44)32-24-28-46-38(32)34)26-22-20-18-16-14-12-10-8-6-4-2/h23-24,27-30H,3-22,25-26H2,1-2H3. The lowest BCUT2D eigenvalue weighted by Crippen LogP contribution is -2.22. The quantitative estimate of drug-likeness (QED) is 0.0548. The monoisotopic (exact) mass is 660 g/mol. The van der Waals surface area contributed by atoms with Crippen LogP contribution in [0.25, 0.3) is 42.0 Å². The third-order valence-corrected chi connectivity index (χ3v) is 11.8. The van der Waals surface area contributed by atoms with Gasteiger partial charge in [0.15, 0.2) is 0 Å². The van der Waals surface area contributed by atoms with Gasteiger partial charge in [0.05, 0.1) is 21.8 Å². The van der Waals surface area contributed by atoms with Gasteiger partial charge in [-0.3, -0.25) is 9.59 Å². The Balaban J connectivity index is 1.33. The van der Waals surface area contributed by atoms with Crippen LogP contribution in [-0.4, -0.2) is 9.13 Å². The molecule has 5 aromatic rings. The molecule has 0 aliphatic heterocycles. The molecule has 1 aromatic carbocycles. The number of hydrogen-bond acceptors (Lipinski definition) is 4. The van der Waals surface area contributed by atoms with Crippen LogP contribution in [0.1, 0.15) is 142 Å². The maximum atomic E-state index is 13.8. The fourth-order valence-electron chi connectivity index (χ4n) is 7.23. The molecular weight excluding hydrogens is 605 g/mol. The lowest BCUT2D eigenvalue weighted by atomic mass is 10.1. The van der Waals surface area contributed by atoms with Crippen molar-refractivity contribution in [2.75, 3.05) is 0 Å². The summed E-state index contributed by atoms with van der Waals surface area (Å²) in [5, 5.41) is 7.92. The topological polar surface area (TPSA) is 44.0 Å². The number of hydrogen-bond donors (Lipinski definition) is 0. The van der Waals surface area contributed by atoms with E-state index in [9.17, 15) is 9.59 Å². The summed E-state index contributed by atoms with van der Waals surface area (Å²) in [4.78, 5) is 27.6. The van der Waals surface area contributed by atoms with Crippen molar-refractivity contribution in [3.05, 3.63) is 55.7 Å². The van der Waals surface area contributed by atoms with E-state index < -0.39 is 0 Å². The zero-order valence-electron chi connectivity index (χ0n) is 28.5. The molecule has 0 spiro atoms. The highest BCUT2D eigenvalue weighted by atomic mass is 32.1. The Hall–Kier alpha value is -2.44. The van der Waals surface area contributed by atoms with Gasteiger partial charge in [-0.05, 0) is 47.9 Å². The Bertz CT molecular complexity index is 1660. The van der Waals surface area contributed by atoms with Crippen LogP contribution in [0, 0.1) is 0 Å². The molecule has 0 N–H and O–H groups in total. The third-order valence-electron chi connectivity index (χ3n) is 9.94. The van der Waals surface area contributed by atoms with Crippen LogP contribution in [0.3, 0.4) is 0 Å². The van der Waals surface area contributed by atoms with Crippen LogP contribution in [0.4, 0.5) is 0 Å². The van der Waals surface area contributed by atoms with E-state index in [1.54, 1.807) is 22.7 Å². The SMILES string of the molecule is CCCCCCCCCCCCn1c(=O)c2ccsc2c2cc3c(cc21)c1sccc1c(=O)n3CCCCCCCCCCCC. The van der Waals surface area contributed by atoms with Gasteiger partial charge < -0.3 is 9.13 Å². The smallest absolute Gasteiger partial charge is 0.259 e. The van der Waals surface area contributed by atoms with Crippen molar-refractivity contribution in [3.63, 3.8) is 0 Å². The first-order valence-electron chi connectivity index (χ1n) is 18.6. The Morgan fingerprint density at radius 3 is 1.13 bits per heavy atom. The van der Waals surface area contributed by atoms with E-state index in [-0.39, 0.29) is 11.1 Å². The van der Waals surface area contributed by atoms with E-state index in [0.29, 0.717) is 0 Å². The summed E-state index contributed by atoms with van der Waals surface area (Å²) in [5.74, 6) is 0. The molecule has 4 aromatic heterocycles. The first kappa shape index (κ1) is 34.9. The van der Waals surface area contributed by atoms with Gasteiger partial charge >= 0.3 is 0 Å². The lowest BCUT2D eigenvalue weighted by molar-refractivity contribution is 0.535. The van der Waals surface area contributed by atoms with E-state index >= 15 is 0 Å². The molecule has 0 fully saturated rings. The van der Waals surface area contributed by atoms with Crippen molar-refractivity contribution >= 4 is 64.7 Å². The molecule has 46 heavy (non-hydrogen) atoms. The van der Waals surface area contributed by atoms with E-state index in [4.69, 9.17) is 0 Å². The first-order valence-corrected chi connectivity index (χ1v) is 20.4. The fraction of sp³-hybridized carbons (Fsp3) is 0.600. The first-order chi connectivity index (χ1) is 22.7. The maximum absolute atomic E-state index is 13.8. The molecule has 0 unspecified atom stereocenters. The molecule has 0 amide bonds. The number of benzene rings is 1. The Morgan fingerprint density at radius 1 is 0.457 bits per heavy atom. The maximum Gasteiger partial charge on any atom is 0.259 e. The normalized spacial score (nSPS) is 12.0. The van der Waals surface area contributed by atoms with Gasteiger partial charge in [0.1, 0.15) is 0 Å². The van der Waals surface area contributed by atoms with Gasteiger partial charge in [0.25, 0.3) is 11.1 Å². The fourth-order valence-corrected chi connectivity index (χ4v) is 9.05. The molecule has 4 nitrogen and oxygen atoms in total. The average molecular weight is 661 g/mol. The molecule has 6 heteroatoms. The second-order valence-electron chi connectivity index (χ2n) is 13.5. The second kappa shape index (κ2) is 18.2. The predicted molar refractivity (Wildman–Crippen MR) is 204 cm³/mol. The molecule has 0 aliphatic rings. The zero-order chi connectivity index (χ0) is 32.1. The Kier molecular flexibility index (Phi) is 13.8. The van der Waals surface area contributed by atoms with Gasteiger partial charge in [-0.1, -0.05) is 129 Å². The summed E-state index contributed by atoms with van der Waals surface area (Å²) in [6.45, 7) is 6.03. The van der Waals surface area contributed by atoms with Gasteiger partial charge in [-0.25, -0.2) is 0 Å². The van der Waals surface area contributed by atoms with Crippen LogP contribution in [-0.2, 0) is 13.1 Å². The van der Waals surface area contributed by atoms with Crippen molar-refractivity contribution in [2.24, 2.45) is 0 Å². The lowest BCUT2D eigenvalue weighted by Gasteiger charge is -2.16. The zero-order valence-corrected chi connectivity index (χ0v) is 30.2. The van der Waals surface area contributed by atoms with Gasteiger partial charge in [0.2, 0.25) is 0 Å².